The van der Waals surface area contributed by atoms with Crippen molar-refractivity contribution < 1.29 is 50.7 Å². The number of amides is 4. The van der Waals surface area contributed by atoms with Gasteiger partial charge in [-0.2, -0.15) is 8.78 Å². The second-order valence-electron chi connectivity index (χ2n) is 10.3. The number of benzene rings is 2. The van der Waals surface area contributed by atoms with Crippen LogP contribution in [-0.4, -0.2) is 54.6 Å². The van der Waals surface area contributed by atoms with Crippen LogP contribution in [-0.2, 0) is 24.0 Å². The third-order valence-corrected chi connectivity index (χ3v) is 7.03. The normalized spacial score (nSPS) is 17.4. The van der Waals surface area contributed by atoms with E-state index < -0.39 is 88.9 Å². The number of hydrogen-bond acceptors (Lipinski definition) is 6. The minimum Gasteiger partial charge on any atom is -0.479 e. The Morgan fingerprint density at radius 2 is 1.53 bits per heavy atom. The first-order chi connectivity index (χ1) is 20.4. The Labute approximate surface area is 241 Å². The molecule has 1 saturated carbocycles. The van der Waals surface area contributed by atoms with E-state index >= 15 is 0 Å². The van der Waals surface area contributed by atoms with Crippen molar-refractivity contribution in [3.05, 3.63) is 59.4 Å². The predicted molar refractivity (Wildman–Crippen MR) is 139 cm³/mol. The number of anilines is 1. The first kappa shape index (κ1) is 31.4. The fourth-order valence-corrected chi connectivity index (χ4v) is 4.50. The van der Waals surface area contributed by atoms with Gasteiger partial charge in [0.25, 0.3) is 0 Å². The smallest absolute Gasteiger partial charge is 0.313 e. The fraction of sp³-hybridized carbons (Fsp3) is 0.393. The zero-order valence-corrected chi connectivity index (χ0v) is 22.5. The van der Waals surface area contributed by atoms with Gasteiger partial charge in [-0.05, 0) is 37.3 Å². The standard InChI is InChI=1S/C28H27F5N4O6/c29-15-3-1-2-4-18(15)35-27(41)28(42)37-20(9-13-5-6-13)26(40)36-19(10-14-7-8-34-25(14)39)21(38)12-43-24-22(32)16(30)11-17(31)23(24)33/h1-4,11,13-14,19-20H,5-10,12H2,(H,34,39)(H,35,41)(H,36,40)(H,37,42)/t14-,19-,20-/m0/s1. The van der Waals surface area contributed by atoms with Crippen LogP contribution < -0.4 is 26.0 Å². The number of carbonyl (C=O) groups is 5. The molecule has 230 valence electrons. The molecule has 4 amide bonds. The van der Waals surface area contributed by atoms with Crippen LogP contribution in [0.1, 0.15) is 32.1 Å². The first-order valence-electron chi connectivity index (χ1n) is 13.4. The molecule has 43 heavy (non-hydrogen) atoms. The Kier molecular flexibility index (Phi) is 9.93. The number of ether oxygens (including phenoxy) is 1. The minimum atomic E-state index is -1.87. The number of rotatable bonds is 12. The van der Waals surface area contributed by atoms with Crippen LogP contribution in [0.4, 0.5) is 27.6 Å². The monoisotopic (exact) mass is 610 g/mol. The summed E-state index contributed by atoms with van der Waals surface area (Å²) in [4.78, 5) is 63.5. The van der Waals surface area contributed by atoms with Crippen LogP contribution in [0.5, 0.6) is 5.75 Å². The summed E-state index contributed by atoms with van der Waals surface area (Å²) >= 11 is 0. The molecule has 15 heteroatoms. The van der Waals surface area contributed by atoms with Gasteiger partial charge >= 0.3 is 11.8 Å². The van der Waals surface area contributed by atoms with Crippen molar-refractivity contribution in [2.75, 3.05) is 18.5 Å². The van der Waals surface area contributed by atoms with Gasteiger partial charge in [-0.25, -0.2) is 13.2 Å². The van der Waals surface area contributed by atoms with Crippen LogP contribution in [0, 0.1) is 40.9 Å². The van der Waals surface area contributed by atoms with E-state index in [4.69, 9.17) is 4.74 Å². The average molecular weight is 611 g/mol. The van der Waals surface area contributed by atoms with Crippen molar-refractivity contribution in [1.82, 2.24) is 16.0 Å². The highest BCUT2D eigenvalue weighted by molar-refractivity contribution is 6.40. The van der Waals surface area contributed by atoms with Gasteiger partial charge in [0.1, 0.15) is 18.5 Å². The number of carbonyl (C=O) groups excluding carboxylic acids is 5. The molecular weight excluding hydrogens is 583 g/mol. The lowest BCUT2D eigenvalue weighted by atomic mass is 9.95. The van der Waals surface area contributed by atoms with E-state index in [1.54, 1.807) is 0 Å². The van der Waals surface area contributed by atoms with Gasteiger partial charge in [-0.3, -0.25) is 24.0 Å². The summed E-state index contributed by atoms with van der Waals surface area (Å²) in [7, 11) is 0. The lowest BCUT2D eigenvalue weighted by molar-refractivity contribution is -0.138. The largest absolute Gasteiger partial charge is 0.479 e. The Balaban J connectivity index is 1.47. The topological polar surface area (TPSA) is 143 Å². The molecule has 0 aromatic heterocycles. The highest BCUT2D eigenvalue weighted by atomic mass is 19.2. The van der Waals surface area contributed by atoms with Gasteiger partial charge < -0.3 is 26.0 Å². The molecule has 10 nitrogen and oxygen atoms in total. The number of nitrogens with one attached hydrogen (secondary N) is 4. The molecule has 1 aliphatic carbocycles. The van der Waals surface area contributed by atoms with Gasteiger partial charge in [0.2, 0.25) is 23.4 Å². The number of halogens is 5. The minimum absolute atomic E-state index is 0.0256. The molecule has 3 atom stereocenters. The van der Waals surface area contributed by atoms with Crippen molar-refractivity contribution in [2.24, 2.45) is 11.8 Å². The molecule has 4 N–H and O–H groups in total. The van der Waals surface area contributed by atoms with Gasteiger partial charge in [0.05, 0.1) is 11.7 Å². The van der Waals surface area contributed by atoms with Gasteiger partial charge in [0, 0.05) is 18.5 Å². The molecule has 0 spiro atoms. The SMILES string of the molecule is O=C(Nc1ccccc1F)C(=O)N[C@@H](CC1CC1)C(=O)N[C@@H](C[C@@H]1CCNC1=O)C(=O)COc1c(F)c(F)cc(F)c1F. The van der Waals surface area contributed by atoms with Gasteiger partial charge in [-0.15, -0.1) is 0 Å². The molecule has 2 fully saturated rings. The van der Waals surface area contributed by atoms with Crippen LogP contribution in [0.15, 0.2) is 30.3 Å². The third kappa shape index (κ3) is 8.05. The van der Waals surface area contributed by atoms with Gasteiger partial charge in [0.15, 0.2) is 23.2 Å². The summed E-state index contributed by atoms with van der Waals surface area (Å²) in [6.07, 6.45) is 1.60. The maximum Gasteiger partial charge on any atom is 0.313 e. The summed E-state index contributed by atoms with van der Waals surface area (Å²) in [6.45, 7) is -0.841. The van der Waals surface area contributed by atoms with Crippen molar-refractivity contribution in [3.8, 4) is 5.75 Å². The highest BCUT2D eigenvalue weighted by Crippen LogP contribution is 2.33. The molecular formula is C28H27F5N4O6. The number of Topliss-reactive ketones (excluding diaryl/α,β-unsaturated/α-hetero) is 1. The molecule has 2 aromatic rings. The second kappa shape index (κ2) is 13.6. The maximum absolute atomic E-state index is 14.0. The first-order valence-corrected chi connectivity index (χ1v) is 13.4. The molecule has 0 unspecified atom stereocenters. The second-order valence-corrected chi connectivity index (χ2v) is 10.3. The highest BCUT2D eigenvalue weighted by Gasteiger charge is 2.36. The van der Waals surface area contributed by atoms with Crippen molar-refractivity contribution in [1.29, 1.82) is 0 Å². The van der Waals surface area contributed by atoms with E-state index in [0.717, 1.165) is 18.9 Å². The lowest BCUT2D eigenvalue weighted by Crippen LogP contribution is -2.54. The van der Waals surface area contributed by atoms with Crippen molar-refractivity contribution in [2.45, 2.75) is 44.2 Å². The van der Waals surface area contributed by atoms with E-state index in [1.165, 1.54) is 18.2 Å². The van der Waals surface area contributed by atoms with E-state index in [0.29, 0.717) is 13.0 Å². The Hall–Kier alpha value is -4.56. The van der Waals surface area contributed by atoms with E-state index in [2.05, 4.69) is 21.3 Å². The fourth-order valence-electron chi connectivity index (χ4n) is 4.50. The summed E-state index contributed by atoms with van der Waals surface area (Å²) in [5, 5.41) is 9.33. The van der Waals surface area contributed by atoms with E-state index in [1.807, 2.05) is 0 Å². The van der Waals surface area contributed by atoms with Crippen LogP contribution in [0.3, 0.4) is 0 Å². The van der Waals surface area contributed by atoms with Crippen LogP contribution >= 0.6 is 0 Å². The van der Waals surface area contributed by atoms with E-state index in [-0.39, 0.29) is 30.5 Å². The van der Waals surface area contributed by atoms with Crippen molar-refractivity contribution in [3.63, 3.8) is 0 Å². The van der Waals surface area contributed by atoms with Crippen LogP contribution in [0.2, 0.25) is 0 Å². The molecule has 4 rings (SSSR count). The van der Waals surface area contributed by atoms with Crippen molar-refractivity contribution >= 4 is 35.1 Å². The zero-order valence-electron chi connectivity index (χ0n) is 22.5. The summed E-state index contributed by atoms with van der Waals surface area (Å²) in [5.41, 5.74) is -0.266. The Morgan fingerprint density at radius 1 is 0.860 bits per heavy atom. The molecule has 1 saturated heterocycles. The molecule has 0 radical (unpaired) electrons. The van der Waals surface area contributed by atoms with Crippen LogP contribution in [0.25, 0.3) is 0 Å². The number of hydrogen-bond donors (Lipinski definition) is 4. The maximum atomic E-state index is 14.0. The van der Waals surface area contributed by atoms with Gasteiger partial charge in [-0.1, -0.05) is 25.0 Å². The molecule has 0 bridgehead atoms. The average Bonchev–Trinajstić information content (AvgIpc) is 3.70. The summed E-state index contributed by atoms with van der Waals surface area (Å²) < 4.78 is 73.8. The molecule has 2 aromatic carbocycles. The Morgan fingerprint density at radius 3 is 2.14 bits per heavy atom. The summed E-state index contributed by atoms with van der Waals surface area (Å²) in [5.74, 6) is -15.1. The number of ketones is 1. The number of para-hydroxylation sites is 1. The molecule has 2 aliphatic rings. The quantitative estimate of drug-likeness (QED) is 0.165. The molecule has 1 heterocycles. The third-order valence-electron chi connectivity index (χ3n) is 7.03. The zero-order chi connectivity index (χ0) is 31.3. The molecule has 1 aliphatic heterocycles. The summed E-state index contributed by atoms with van der Waals surface area (Å²) in [6, 6.07) is 2.25. The predicted octanol–water partition coefficient (Wildman–Crippen LogP) is 2.26. The Bertz CT molecular complexity index is 1410. The van der Waals surface area contributed by atoms with E-state index in [9.17, 15) is 45.9 Å². The lowest BCUT2D eigenvalue weighted by Gasteiger charge is -2.24.